The third kappa shape index (κ3) is 7.80. The Morgan fingerprint density at radius 2 is 1.60 bits per heavy atom. The quantitative estimate of drug-likeness (QED) is 0.453. The number of hydrogen-bond acceptors (Lipinski definition) is 6. The van der Waals surface area contributed by atoms with Crippen LogP contribution in [0.25, 0.3) is 0 Å². The van der Waals surface area contributed by atoms with E-state index in [0.29, 0.717) is 36.8 Å². The monoisotopic (exact) mass is 502 g/mol. The zero-order chi connectivity index (χ0) is 25.7. The fourth-order valence-corrected chi connectivity index (χ4v) is 5.81. The number of carbonyl (C=O) groups is 2. The van der Waals surface area contributed by atoms with E-state index >= 15 is 0 Å². The van der Waals surface area contributed by atoms with E-state index < -0.39 is 39.1 Å². The zero-order valence-corrected chi connectivity index (χ0v) is 21.2. The molecule has 1 aliphatic carbocycles. The van der Waals surface area contributed by atoms with Gasteiger partial charge in [0, 0.05) is 6.42 Å². The summed E-state index contributed by atoms with van der Waals surface area (Å²) in [5, 5.41) is 12.3. The standard InChI is InChI=1S/C26H34N2O6S/c1-25(2,3)34-23(30)22(17-19-11-13-21(29)14-12-19)27-24(31)26(15-7-8-16-26)28-35(32,33)18-20-9-5-4-6-10-20/h4-6,9-14,22,28-29H,7-8,15-18H2,1-3H3,(H,27,31)/t22-/m0/s1. The van der Waals surface area contributed by atoms with Crippen LogP contribution in [0.15, 0.2) is 54.6 Å². The van der Waals surface area contributed by atoms with Crippen molar-refractivity contribution in [1.82, 2.24) is 10.0 Å². The highest BCUT2D eigenvalue weighted by Crippen LogP contribution is 2.31. The van der Waals surface area contributed by atoms with Crippen LogP contribution in [0.3, 0.4) is 0 Å². The van der Waals surface area contributed by atoms with Gasteiger partial charge in [-0.3, -0.25) is 4.79 Å². The number of aromatic hydroxyl groups is 1. The highest BCUT2D eigenvalue weighted by atomic mass is 32.2. The van der Waals surface area contributed by atoms with Crippen LogP contribution in [0.1, 0.15) is 57.6 Å². The molecule has 1 amide bonds. The normalized spacial score (nSPS) is 16.4. The number of esters is 1. The second-order valence-corrected chi connectivity index (χ2v) is 11.8. The molecule has 3 N–H and O–H groups in total. The van der Waals surface area contributed by atoms with E-state index in [1.807, 2.05) is 0 Å². The predicted octanol–water partition coefficient (Wildman–Crippen LogP) is 3.19. The van der Waals surface area contributed by atoms with E-state index in [0.717, 1.165) is 0 Å². The third-order valence-corrected chi connectivity index (χ3v) is 7.23. The minimum atomic E-state index is -3.82. The van der Waals surface area contributed by atoms with E-state index in [4.69, 9.17) is 4.74 Å². The van der Waals surface area contributed by atoms with Gasteiger partial charge in [0.2, 0.25) is 15.9 Å². The van der Waals surface area contributed by atoms with Crippen molar-refractivity contribution >= 4 is 21.9 Å². The van der Waals surface area contributed by atoms with Gasteiger partial charge in [-0.2, -0.15) is 4.72 Å². The van der Waals surface area contributed by atoms with E-state index in [1.54, 1.807) is 63.2 Å². The number of carbonyl (C=O) groups excluding carboxylic acids is 2. The minimum absolute atomic E-state index is 0.0873. The summed E-state index contributed by atoms with van der Waals surface area (Å²) >= 11 is 0. The molecule has 9 heteroatoms. The summed E-state index contributed by atoms with van der Waals surface area (Å²) in [6.07, 6.45) is 2.20. The van der Waals surface area contributed by atoms with Gasteiger partial charge in [-0.25, -0.2) is 13.2 Å². The van der Waals surface area contributed by atoms with Gasteiger partial charge in [-0.15, -0.1) is 0 Å². The van der Waals surface area contributed by atoms with E-state index in [-0.39, 0.29) is 17.9 Å². The molecule has 3 rings (SSSR count). The Bertz CT molecular complexity index is 1120. The first kappa shape index (κ1) is 26.7. The average Bonchev–Trinajstić information content (AvgIpc) is 3.23. The van der Waals surface area contributed by atoms with E-state index in [9.17, 15) is 23.1 Å². The molecule has 1 saturated carbocycles. The van der Waals surface area contributed by atoms with Crippen molar-refractivity contribution in [3.63, 3.8) is 0 Å². The Balaban J connectivity index is 1.81. The van der Waals surface area contributed by atoms with Gasteiger partial charge in [-0.05, 0) is 56.9 Å². The molecule has 35 heavy (non-hydrogen) atoms. The number of phenolic OH excluding ortho intramolecular Hbond substituents is 1. The van der Waals surface area contributed by atoms with Crippen molar-refractivity contribution in [3.05, 3.63) is 65.7 Å². The maximum Gasteiger partial charge on any atom is 0.329 e. The molecule has 0 heterocycles. The number of sulfonamides is 1. The number of hydrogen-bond donors (Lipinski definition) is 3. The van der Waals surface area contributed by atoms with Crippen molar-refractivity contribution in [1.29, 1.82) is 0 Å². The topological polar surface area (TPSA) is 122 Å². The van der Waals surface area contributed by atoms with Gasteiger partial charge in [0.15, 0.2) is 0 Å². The molecule has 8 nitrogen and oxygen atoms in total. The van der Waals surface area contributed by atoms with Gasteiger partial charge in [0.05, 0.1) is 5.75 Å². The van der Waals surface area contributed by atoms with Crippen molar-refractivity contribution in [2.45, 2.75) is 75.8 Å². The van der Waals surface area contributed by atoms with Crippen LogP contribution in [-0.4, -0.2) is 42.6 Å². The summed E-state index contributed by atoms with van der Waals surface area (Å²) < 4.78 is 34.2. The number of rotatable bonds is 9. The lowest BCUT2D eigenvalue weighted by molar-refractivity contribution is -0.159. The molecular weight excluding hydrogens is 468 g/mol. The minimum Gasteiger partial charge on any atom is -0.508 e. The molecule has 1 atom stereocenters. The van der Waals surface area contributed by atoms with Crippen LogP contribution in [0.5, 0.6) is 5.75 Å². The maximum atomic E-state index is 13.5. The van der Waals surface area contributed by atoms with Crippen molar-refractivity contribution in [2.24, 2.45) is 0 Å². The first-order valence-corrected chi connectivity index (χ1v) is 13.4. The molecule has 0 radical (unpaired) electrons. The predicted molar refractivity (Wildman–Crippen MR) is 133 cm³/mol. The fourth-order valence-electron chi connectivity index (χ4n) is 4.21. The van der Waals surface area contributed by atoms with Crippen LogP contribution in [0.4, 0.5) is 0 Å². The first-order valence-electron chi connectivity index (χ1n) is 11.7. The molecular formula is C26H34N2O6S. The summed E-state index contributed by atoms with van der Waals surface area (Å²) in [5.74, 6) is -1.31. The maximum absolute atomic E-state index is 13.5. The third-order valence-electron chi connectivity index (χ3n) is 5.81. The molecule has 190 valence electrons. The highest BCUT2D eigenvalue weighted by molar-refractivity contribution is 7.88. The van der Waals surface area contributed by atoms with Crippen LogP contribution in [0.2, 0.25) is 0 Å². The van der Waals surface area contributed by atoms with Crippen molar-refractivity contribution < 1.29 is 27.9 Å². The van der Waals surface area contributed by atoms with Gasteiger partial charge in [0.1, 0.15) is 22.9 Å². The summed E-state index contributed by atoms with van der Waals surface area (Å²) in [5.41, 5.74) is -0.767. The van der Waals surface area contributed by atoms with E-state index in [2.05, 4.69) is 10.0 Å². The molecule has 0 aliphatic heterocycles. The summed E-state index contributed by atoms with van der Waals surface area (Å²) in [4.78, 5) is 26.5. The lowest BCUT2D eigenvalue weighted by Crippen LogP contribution is -2.60. The van der Waals surface area contributed by atoms with Gasteiger partial charge < -0.3 is 15.2 Å². The second kappa shape index (κ2) is 10.8. The molecule has 2 aromatic rings. The number of nitrogens with one attached hydrogen (secondary N) is 2. The number of ether oxygens (including phenoxy) is 1. The summed E-state index contributed by atoms with van der Waals surface area (Å²) in [7, 11) is -3.82. The SMILES string of the molecule is CC(C)(C)OC(=O)[C@H](Cc1ccc(O)cc1)NC(=O)C1(NS(=O)(=O)Cc2ccccc2)CCCC1. The fraction of sp³-hybridized carbons (Fsp3) is 0.462. The van der Waals surface area contributed by atoms with Crippen LogP contribution < -0.4 is 10.0 Å². The molecule has 1 aliphatic rings. The summed E-state index contributed by atoms with van der Waals surface area (Å²) in [6, 6.07) is 14.1. The average molecular weight is 503 g/mol. The Morgan fingerprint density at radius 1 is 1.00 bits per heavy atom. The molecule has 1 fully saturated rings. The molecule has 0 aromatic heterocycles. The van der Waals surface area contributed by atoms with E-state index in [1.165, 1.54) is 12.1 Å². The molecule has 2 aromatic carbocycles. The lowest BCUT2D eigenvalue weighted by Gasteiger charge is -2.31. The Kier molecular flexibility index (Phi) is 8.22. The molecule has 0 spiro atoms. The van der Waals surface area contributed by atoms with Gasteiger partial charge in [0.25, 0.3) is 0 Å². The number of phenols is 1. The Hall–Kier alpha value is -2.91. The van der Waals surface area contributed by atoms with Crippen molar-refractivity contribution in [2.75, 3.05) is 0 Å². The van der Waals surface area contributed by atoms with Gasteiger partial charge in [-0.1, -0.05) is 55.3 Å². The van der Waals surface area contributed by atoms with Crippen LogP contribution in [-0.2, 0) is 36.5 Å². The largest absolute Gasteiger partial charge is 0.508 e. The van der Waals surface area contributed by atoms with Crippen LogP contribution >= 0.6 is 0 Å². The second-order valence-electron chi connectivity index (χ2n) is 10.1. The Labute approximate surface area is 207 Å². The molecule has 0 bridgehead atoms. The zero-order valence-electron chi connectivity index (χ0n) is 20.4. The molecule has 0 saturated heterocycles. The number of benzene rings is 2. The van der Waals surface area contributed by atoms with Crippen molar-refractivity contribution in [3.8, 4) is 5.75 Å². The molecule has 0 unspecified atom stereocenters. The highest BCUT2D eigenvalue weighted by Gasteiger charge is 2.45. The summed E-state index contributed by atoms with van der Waals surface area (Å²) in [6.45, 7) is 5.21. The first-order chi connectivity index (χ1) is 16.4. The van der Waals surface area contributed by atoms with Crippen LogP contribution in [0, 0.1) is 0 Å². The smallest absolute Gasteiger partial charge is 0.329 e. The van der Waals surface area contributed by atoms with Gasteiger partial charge >= 0.3 is 5.97 Å². The lowest BCUT2D eigenvalue weighted by atomic mass is 9.96. The Morgan fingerprint density at radius 3 is 2.17 bits per heavy atom. The number of amides is 1.